The molecule has 2 heterocycles. The molecule has 1 spiro atoms. The normalized spacial score (nSPS) is 25.9. The number of likely N-dealkylation sites (N-methyl/N-ethyl adjacent to an activating group) is 1. The lowest BCUT2D eigenvalue weighted by molar-refractivity contribution is 0.0650. The molecule has 3 nitrogen and oxygen atoms in total. The van der Waals surface area contributed by atoms with Crippen LogP contribution in [0.3, 0.4) is 0 Å². The highest BCUT2D eigenvalue weighted by molar-refractivity contribution is 6.03. The van der Waals surface area contributed by atoms with Gasteiger partial charge in [-0.25, -0.2) is 0 Å². The Morgan fingerprint density at radius 3 is 2.78 bits per heavy atom. The monoisotopic (exact) mass is 240 g/mol. The molecule has 0 radical (unpaired) electrons. The van der Waals surface area contributed by atoms with E-state index in [0.717, 1.165) is 29.0 Å². The van der Waals surface area contributed by atoms with Gasteiger partial charge in [0.1, 0.15) is 5.54 Å². The topological polar surface area (TPSA) is 32.7 Å². The number of amides is 1. The number of carbonyl (C=O) groups excluding carboxylic acids is 1. The number of hydrogen-bond donors (Lipinski definition) is 0. The maximum atomic E-state index is 12.5. The number of aliphatic imine (C=N–C) groups is 1. The Hall–Kier alpha value is -1.90. The van der Waals surface area contributed by atoms with Gasteiger partial charge in [0.05, 0.1) is 5.70 Å². The van der Waals surface area contributed by atoms with E-state index in [4.69, 9.17) is 0 Å². The maximum absolute atomic E-state index is 12.5. The Labute approximate surface area is 107 Å². The Morgan fingerprint density at radius 2 is 2.17 bits per heavy atom. The molecule has 2 aliphatic heterocycles. The molecule has 0 fully saturated rings. The van der Waals surface area contributed by atoms with Gasteiger partial charge >= 0.3 is 0 Å². The van der Waals surface area contributed by atoms with Gasteiger partial charge in [-0.05, 0) is 25.5 Å². The van der Waals surface area contributed by atoms with Crippen LogP contribution in [0, 0.1) is 0 Å². The summed E-state index contributed by atoms with van der Waals surface area (Å²) in [7, 11) is 0. The molecule has 18 heavy (non-hydrogen) atoms. The lowest BCUT2D eigenvalue weighted by atomic mass is 9.85. The van der Waals surface area contributed by atoms with Crippen molar-refractivity contribution in [2.24, 2.45) is 4.99 Å². The summed E-state index contributed by atoms with van der Waals surface area (Å²) in [5.41, 5.74) is 3.27. The van der Waals surface area contributed by atoms with Gasteiger partial charge in [-0.2, -0.15) is 0 Å². The first kappa shape index (κ1) is 11.2. The van der Waals surface area contributed by atoms with Gasteiger partial charge in [-0.1, -0.05) is 24.8 Å². The smallest absolute Gasteiger partial charge is 0.255 e. The highest BCUT2D eigenvalue weighted by atomic mass is 16.2. The van der Waals surface area contributed by atoms with E-state index < -0.39 is 5.54 Å². The number of rotatable bonds is 1. The number of carbonyl (C=O) groups is 1. The zero-order valence-corrected chi connectivity index (χ0v) is 10.7. The second-order valence-electron chi connectivity index (χ2n) is 4.93. The summed E-state index contributed by atoms with van der Waals surface area (Å²) < 4.78 is 0. The fourth-order valence-corrected chi connectivity index (χ4v) is 3.24. The van der Waals surface area contributed by atoms with Crippen molar-refractivity contribution in [1.82, 2.24) is 4.90 Å². The van der Waals surface area contributed by atoms with Crippen LogP contribution in [0.15, 0.2) is 41.5 Å². The van der Waals surface area contributed by atoms with Crippen LogP contribution in [0.1, 0.15) is 36.2 Å². The van der Waals surface area contributed by atoms with Crippen LogP contribution in [-0.2, 0) is 5.54 Å². The predicted molar refractivity (Wildman–Crippen MR) is 71.7 cm³/mol. The zero-order valence-electron chi connectivity index (χ0n) is 10.7. The first-order valence-corrected chi connectivity index (χ1v) is 6.26. The van der Waals surface area contributed by atoms with E-state index in [2.05, 4.69) is 11.6 Å². The van der Waals surface area contributed by atoms with Crippen molar-refractivity contribution in [3.8, 4) is 0 Å². The van der Waals surface area contributed by atoms with Crippen LogP contribution in [0.4, 0.5) is 0 Å². The molecule has 0 saturated carbocycles. The van der Waals surface area contributed by atoms with Crippen molar-refractivity contribution in [3.05, 3.63) is 47.7 Å². The fraction of sp³-hybridized carbons (Fsp3) is 0.333. The number of benzene rings is 1. The van der Waals surface area contributed by atoms with E-state index >= 15 is 0 Å². The number of fused-ring (bicyclic) bond motifs is 2. The molecule has 1 unspecified atom stereocenters. The standard InChI is InChI=1S/C15H16N2O/c1-4-17-14(18)12-7-5-6-8-13(12)15(17)9-10(2)16-11(15)3/h5-8H,3-4,9H2,1-2H3. The van der Waals surface area contributed by atoms with Crippen LogP contribution < -0.4 is 0 Å². The highest BCUT2D eigenvalue weighted by Gasteiger charge is 2.53. The molecular formula is C15H16N2O. The second kappa shape index (κ2) is 3.55. The molecule has 0 bridgehead atoms. The summed E-state index contributed by atoms with van der Waals surface area (Å²) in [5.74, 6) is 0.0964. The van der Waals surface area contributed by atoms with Gasteiger partial charge in [0, 0.05) is 24.2 Å². The van der Waals surface area contributed by atoms with E-state index in [1.165, 1.54) is 0 Å². The lowest BCUT2D eigenvalue weighted by Crippen LogP contribution is -2.43. The Bertz CT molecular complexity index is 588. The van der Waals surface area contributed by atoms with E-state index in [9.17, 15) is 4.79 Å². The fourth-order valence-electron chi connectivity index (χ4n) is 3.24. The number of hydrogen-bond acceptors (Lipinski definition) is 2. The summed E-state index contributed by atoms with van der Waals surface area (Å²) in [5, 5.41) is 0. The third-order valence-electron chi connectivity index (χ3n) is 3.94. The molecular weight excluding hydrogens is 224 g/mol. The molecule has 1 amide bonds. The molecule has 2 aliphatic rings. The highest BCUT2D eigenvalue weighted by Crippen LogP contribution is 2.49. The van der Waals surface area contributed by atoms with Gasteiger partial charge in [-0.3, -0.25) is 9.79 Å². The van der Waals surface area contributed by atoms with Gasteiger partial charge in [0.15, 0.2) is 0 Å². The maximum Gasteiger partial charge on any atom is 0.255 e. The minimum atomic E-state index is -0.424. The summed E-state index contributed by atoms with van der Waals surface area (Å²) in [6.45, 7) is 8.77. The average molecular weight is 240 g/mol. The molecule has 3 rings (SSSR count). The summed E-state index contributed by atoms with van der Waals surface area (Å²) in [6, 6.07) is 7.82. The first-order valence-electron chi connectivity index (χ1n) is 6.26. The molecule has 3 heteroatoms. The molecule has 1 atom stereocenters. The van der Waals surface area contributed by atoms with E-state index in [1.54, 1.807) is 0 Å². The quantitative estimate of drug-likeness (QED) is 0.743. The van der Waals surface area contributed by atoms with Crippen LogP contribution in [0.25, 0.3) is 0 Å². The van der Waals surface area contributed by atoms with Gasteiger partial charge in [0.2, 0.25) is 0 Å². The minimum absolute atomic E-state index is 0.0964. The van der Waals surface area contributed by atoms with Crippen molar-refractivity contribution in [2.45, 2.75) is 25.8 Å². The van der Waals surface area contributed by atoms with Gasteiger partial charge in [-0.15, -0.1) is 0 Å². The second-order valence-corrected chi connectivity index (χ2v) is 4.93. The average Bonchev–Trinajstić information content (AvgIpc) is 2.78. The molecule has 0 aromatic heterocycles. The van der Waals surface area contributed by atoms with Crippen LogP contribution >= 0.6 is 0 Å². The van der Waals surface area contributed by atoms with Crippen molar-refractivity contribution in [1.29, 1.82) is 0 Å². The van der Waals surface area contributed by atoms with E-state index in [-0.39, 0.29) is 5.91 Å². The third kappa shape index (κ3) is 1.14. The molecule has 1 aromatic carbocycles. The lowest BCUT2D eigenvalue weighted by Gasteiger charge is -2.35. The summed E-state index contributed by atoms with van der Waals surface area (Å²) in [6.07, 6.45) is 0.766. The Kier molecular flexibility index (Phi) is 2.21. The zero-order chi connectivity index (χ0) is 12.9. The van der Waals surface area contributed by atoms with Crippen molar-refractivity contribution < 1.29 is 4.79 Å². The van der Waals surface area contributed by atoms with Crippen molar-refractivity contribution in [2.75, 3.05) is 6.54 Å². The predicted octanol–water partition coefficient (Wildman–Crippen LogP) is 2.74. The molecule has 0 saturated heterocycles. The van der Waals surface area contributed by atoms with E-state index in [1.807, 2.05) is 43.0 Å². The van der Waals surface area contributed by atoms with Crippen LogP contribution in [0.2, 0.25) is 0 Å². The van der Waals surface area contributed by atoms with Gasteiger partial charge < -0.3 is 4.90 Å². The minimum Gasteiger partial charge on any atom is -0.323 e. The third-order valence-corrected chi connectivity index (χ3v) is 3.94. The molecule has 92 valence electrons. The summed E-state index contributed by atoms with van der Waals surface area (Å²) in [4.78, 5) is 18.9. The van der Waals surface area contributed by atoms with Crippen molar-refractivity contribution >= 4 is 11.6 Å². The number of nitrogens with zero attached hydrogens (tertiary/aromatic N) is 2. The SMILES string of the molecule is C=C1N=C(C)CC12c1ccccc1C(=O)N2CC. The van der Waals surface area contributed by atoms with E-state index in [0.29, 0.717) is 6.54 Å². The van der Waals surface area contributed by atoms with Gasteiger partial charge in [0.25, 0.3) is 5.91 Å². The molecule has 0 N–H and O–H groups in total. The summed E-state index contributed by atoms with van der Waals surface area (Å²) >= 11 is 0. The van der Waals surface area contributed by atoms with Crippen LogP contribution in [0.5, 0.6) is 0 Å². The molecule has 0 aliphatic carbocycles. The Balaban J connectivity index is 2.26. The first-order chi connectivity index (χ1) is 8.61. The van der Waals surface area contributed by atoms with Crippen molar-refractivity contribution in [3.63, 3.8) is 0 Å². The largest absolute Gasteiger partial charge is 0.323 e. The van der Waals surface area contributed by atoms with Crippen LogP contribution in [-0.4, -0.2) is 23.1 Å². The molecule has 1 aromatic rings. The Morgan fingerprint density at radius 1 is 1.44 bits per heavy atom.